The van der Waals surface area contributed by atoms with Gasteiger partial charge in [0.2, 0.25) is 0 Å². The number of amides is 1. The molecule has 0 saturated heterocycles. The Hall–Kier alpha value is -2.58. The van der Waals surface area contributed by atoms with Gasteiger partial charge in [0.25, 0.3) is 5.91 Å². The quantitative estimate of drug-likeness (QED) is 0.923. The maximum atomic E-state index is 12.1. The van der Waals surface area contributed by atoms with Crippen molar-refractivity contribution in [1.82, 2.24) is 4.98 Å². The van der Waals surface area contributed by atoms with Crippen molar-refractivity contribution in [2.45, 2.75) is 25.7 Å². The molecule has 1 aliphatic carbocycles. The summed E-state index contributed by atoms with van der Waals surface area (Å²) in [5.41, 5.74) is 2.89. The molecule has 1 heterocycles. The third kappa shape index (κ3) is 3.66. The Morgan fingerprint density at radius 3 is 3.00 bits per heavy atom. The first kappa shape index (κ1) is 16.3. The van der Waals surface area contributed by atoms with E-state index in [-0.39, 0.29) is 12.5 Å². The molecule has 1 aromatic heterocycles. The lowest BCUT2D eigenvalue weighted by molar-refractivity contribution is -0.118. The van der Waals surface area contributed by atoms with Crippen molar-refractivity contribution in [1.29, 1.82) is 5.26 Å². The Morgan fingerprint density at radius 2 is 2.17 bits per heavy atom. The summed E-state index contributed by atoms with van der Waals surface area (Å²) < 4.78 is 5.67. The summed E-state index contributed by atoms with van der Waals surface area (Å²) in [6.45, 7) is -0.131. The molecule has 0 unspecified atom stereocenters. The fraction of sp³-hybridized carbons (Fsp3) is 0.278. The number of halogens is 1. The van der Waals surface area contributed by atoms with Crippen LogP contribution in [0.3, 0.4) is 0 Å². The standard InChI is InChI=1S/C18H16ClN3O2/c19-13-6-5-12(10-20)16(9-13)22-18(23)11-24-17-7-8-21-15-4-2-1-3-14(15)17/h5-9H,1-4,11H2,(H,22,23). The summed E-state index contributed by atoms with van der Waals surface area (Å²) in [6.07, 6.45) is 5.83. The van der Waals surface area contributed by atoms with Gasteiger partial charge in [-0.3, -0.25) is 9.78 Å². The minimum absolute atomic E-state index is 0.131. The number of carbonyl (C=O) groups excluding carboxylic acids is 1. The molecule has 1 aliphatic rings. The van der Waals surface area contributed by atoms with Gasteiger partial charge in [0.05, 0.1) is 11.3 Å². The van der Waals surface area contributed by atoms with E-state index in [2.05, 4.69) is 10.3 Å². The van der Waals surface area contributed by atoms with Crippen LogP contribution in [0.25, 0.3) is 0 Å². The summed E-state index contributed by atoms with van der Waals surface area (Å²) in [4.78, 5) is 16.5. The zero-order valence-electron chi connectivity index (χ0n) is 13.0. The van der Waals surface area contributed by atoms with Gasteiger partial charge in [-0.05, 0) is 49.9 Å². The van der Waals surface area contributed by atoms with Crippen molar-refractivity contribution in [3.63, 3.8) is 0 Å². The summed E-state index contributed by atoms with van der Waals surface area (Å²) in [5, 5.41) is 12.2. The number of fused-ring (bicyclic) bond motifs is 1. The van der Waals surface area contributed by atoms with E-state index in [1.165, 1.54) is 0 Å². The van der Waals surface area contributed by atoms with Crippen molar-refractivity contribution in [3.8, 4) is 11.8 Å². The molecular formula is C18H16ClN3O2. The predicted octanol–water partition coefficient (Wildman–Crippen LogP) is 3.50. The summed E-state index contributed by atoms with van der Waals surface area (Å²) >= 11 is 5.91. The van der Waals surface area contributed by atoms with Gasteiger partial charge in [-0.2, -0.15) is 5.26 Å². The molecule has 5 nitrogen and oxygen atoms in total. The number of aryl methyl sites for hydroxylation is 1. The molecule has 6 heteroatoms. The van der Waals surface area contributed by atoms with Crippen molar-refractivity contribution in [2.24, 2.45) is 0 Å². The number of nitriles is 1. The molecule has 1 amide bonds. The number of hydrogen-bond donors (Lipinski definition) is 1. The third-order valence-corrected chi connectivity index (χ3v) is 4.16. The maximum Gasteiger partial charge on any atom is 0.262 e. The Labute approximate surface area is 145 Å². The number of nitrogens with zero attached hydrogens (tertiary/aromatic N) is 2. The normalized spacial score (nSPS) is 12.8. The Bertz CT molecular complexity index is 814. The lowest BCUT2D eigenvalue weighted by Gasteiger charge is -2.18. The van der Waals surface area contributed by atoms with E-state index in [1.54, 1.807) is 30.5 Å². The highest BCUT2D eigenvalue weighted by atomic mass is 35.5. The van der Waals surface area contributed by atoms with Gasteiger partial charge >= 0.3 is 0 Å². The van der Waals surface area contributed by atoms with E-state index in [4.69, 9.17) is 21.6 Å². The lowest BCUT2D eigenvalue weighted by Crippen LogP contribution is -2.21. The molecule has 0 fully saturated rings. The van der Waals surface area contributed by atoms with Crippen LogP contribution in [0.15, 0.2) is 30.5 Å². The second-order valence-corrected chi connectivity index (χ2v) is 6.02. The maximum absolute atomic E-state index is 12.1. The van der Waals surface area contributed by atoms with Crippen LogP contribution in [0.2, 0.25) is 5.02 Å². The summed E-state index contributed by atoms with van der Waals surface area (Å²) in [5.74, 6) is 0.372. The van der Waals surface area contributed by atoms with E-state index in [0.717, 1.165) is 36.9 Å². The molecule has 1 aromatic carbocycles. The van der Waals surface area contributed by atoms with Crippen LogP contribution in [0.1, 0.15) is 29.7 Å². The molecule has 1 N–H and O–H groups in total. The second-order valence-electron chi connectivity index (χ2n) is 5.58. The van der Waals surface area contributed by atoms with E-state index in [0.29, 0.717) is 22.0 Å². The highest BCUT2D eigenvalue weighted by Crippen LogP contribution is 2.28. The second kappa shape index (κ2) is 7.33. The van der Waals surface area contributed by atoms with E-state index in [9.17, 15) is 4.79 Å². The monoisotopic (exact) mass is 341 g/mol. The third-order valence-electron chi connectivity index (χ3n) is 3.93. The number of hydrogen-bond acceptors (Lipinski definition) is 4. The van der Waals surface area contributed by atoms with Gasteiger partial charge in [-0.15, -0.1) is 0 Å². The molecule has 0 aliphatic heterocycles. The highest BCUT2D eigenvalue weighted by Gasteiger charge is 2.16. The summed E-state index contributed by atoms with van der Waals surface area (Å²) in [6, 6.07) is 8.53. The van der Waals surface area contributed by atoms with Crippen molar-refractivity contribution < 1.29 is 9.53 Å². The number of nitrogens with one attached hydrogen (secondary N) is 1. The van der Waals surface area contributed by atoms with Crippen LogP contribution in [0, 0.1) is 11.3 Å². The van der Waals surface area contributed by atoms with Crippen LogP contribution in [0.4, 0.5) is 5.69 Å². The number of aromatic nitrogens is 1. The van der Waals surface area contributed by atoms with Gasteiger partial charge in [0.15, 0.2) is 6.61 Å². The van der Waals surface area contributed by atoms with Crippen LogP contribution in [0.5, 0.6) is 5.75 Å². The average molecular weight is 342 g/mol. The molecule has 24 heavy (non-hydrogen) atoms. The number of benzene rings is 1. The fourth-order valence-corrected chi connectivity index (χ4v) is 2.95. The molecule has 0 atom stereocenters. The van der Waals surface area contributed by atoms with Crippen LogP contribution < -0.4 is 10.1 Å². The number of ether oxygens (including phenoxy) is 1. The van der Waals surface area contributed by atoms with Gasteiger partial charge in [-0.1, -0.05) is 11.6 Å². The fourth-order valence-electron chi connectivity index (χ4n) is 2.78. The van der Waals surface area contributed by atoms with E-state index >= 15 is 0 Å². The average Bonchev–Trinajstić information content (AvgIpc) is 2.60. The van der Waals surface area contributed by atoms with Gasteiger partial charge < -0.3 is 10.1 Å². The predicted molar refractivity (Wildman–Crippen MR) is 91.2 cm³/mol. The number of anilines is 1. The van der Waals surface area contributed by atoms with Gasteiger partial charge in [-0.25, -0.2) is 0 Å². The zero-order chi connectivity index (χ0) is 16.9. The number of rotatable bonds is 4. The van der Waals surface area contributed by atoms with Gasteiger partial charge in [0.1, 0.15) is 11.8 Å². The lowest BCUT2D eigenvalue weighted by atomic mass is 9.95. The largest absolute Gasteiger partial charge is 0.483 e. The minimum Gasteiger partial charge on any atom is -0.483 e. The Balaban J connectivity index is 1.67. The molecule has 2 aromatic rings. The first-order valence-electron chi connectivity index (χ1n) is 7.76. The first-order chi connectivity index (χ1) is 11.7. The number of carbonyl (C=O) groups is 1. The van der Waals surface area contributed by atoms with Crippen molar-refractivity contribution in [2.75, 3.05) is 11.9 Å². The first-order valence-corrected chi connectivity index (χ1v) is 8.14. The SMILES string of the molecule is N#Cc1ccc(Cl)cc1NC(=O)COc1ccnc2c1CCCC2. The minimum atomic E-state index is -0.338. The summed E-state index contributed by atoms with van der Waals surface area (Å²) in [7, 11) is 0. The molecule has 122 valence electrons. The Kier molecular flexibility index (Phi) is 4.97. The molecule has 3 rings (SSSR count). The molecule has 0 radical (unpaired) electrons. The molecule has 0 bridgehead atoms. The highest BCUT2D eigenvalue weighted by molar-refractivity contribution is 6.31. The molecule has 0 saturated carbocycles. The van der Waals surface area contributed by atoms with Crippen LogP contribution in [-0.2, 0) is 17.6 Å². The smallest absolute Gasteiger partial charge is 0.262 e. The number of pyridine rings is 1. The Morgan fingerprint density at radius 1 is 1.33 bits per heavy atom. The van der Waals surface area contributed by atoms with E-state index in [1.807, 2.05) is 6.07 Å². The molecule has 0 spiro atoms. The van der Waals surface area contributed by atoms with Crippen LogP contribution >= 0.6 is 11.6 Å². The van der Waals surface area contributed by atoms with Crippen molar-refractivity contribution in [3.05, 3.63) is 52.3 Å². The van der Waals surface area contributed by atoms with Crippen LogP contribution in [-0.4, -0.2) is 17.5 Å². The van der Waals surface area contributed by atoms with Gasteiger partial charge in [0, 0.05) is 22.5 Å². The van der Waals surface area contributed by atoms with E-state index < -0.39 is 0 Å². The molecular weight excluding hydrogens is 326 g/mol. The van der Waals surface area contributed by atoms with Crippen molar-refractivity contribution >= 4 is 23.2 Å². The zero-order valence-corrected chi connectivity index (χ0v) is 13.8. The topological polar surface area (TPSA) is 75.0 Å².